The Morgan fingerprint density at radius 1 is 1.09 bits per heavy atom. The Bertz CT molecular complexity index is 2300. The number of nitrogens with one attached hydrogen (secondary N) is 1. The molecule has 14 heteroatoms. The molecule has 0 bridgehead atoms. The van der Waals surface area contributed by atoms with Gasteiger partial charge in [0.2, 0.25) is 10.0 Å². The molecule has 0 saturated heterocycles. The predicted molar refractivity (Wildman–Crippen MR) is 164 cm³/mol. The Morgan fingerprint density at radius 2 is 1.89 bits per heavy atom. The van der Waals surface area contributed by atoms with Crippen LogP contribution >= 0.6 is 0 Å². The highest BCUT2D eigenvalue weighted by Crippen LogP contribution is 2.24. The number of fused-ring (bicyclic) bond motifs is 2. The van der Waals surface area contributed by atoms with Crippen LogP contribution in [-0.2, 0) is 15.9 Å². The summed E-state index contributed by atoms with van der Waals surface area (Å²) in [7, 11) is -3.77. The van der Waals surface area contributed by atoms with Gasteiger partial charge < -0.3 is 11.1 Å². The Hall–Kier alpha value is -5.78. The van der Waals surface area contributed by atoms with Crippen LogP contribution in [-0.4, -0.2) is 43.3 Å². The van der Waals surface area contributed by atoms with Crippen molar-refractivity contribution in [2.45, 2.75) is 18.8 Å². The molecule has 0 aliphatic rings. The van der Waals surface area contributed by atoms with Crippen LogP contribution in [0.25, 0.3) is 22.1 Å². The molecular weight excluding hydrogens is 582 g/mol. The van der Waals surface area contributed by atoms with Gasteiger partial charge in [0.05, 0.1) is 23.2 Å². The quantitative estimate of drug-likeness (QED) is 0.240. The second-order valence-electron chi connectivity index (χ2n) is 9.97. The van der Waals surface area contributed by atoms with Crippen molar-refractivity contribution in [2.75, 3.05) is 5.73 Å². The van der Waals surface area contributed by atoms with Crippen LogP contribution in [0.3, 0.4) is 0 Å². The molecule has 1 amide bonds. The van der Waals surface area contributed by atoms with E-state index in [9.17, 15) is 18.0 Å². The number of primary sulfonamides is 1. The first-order chi connectivity index (χ1) is 21.1. The van der Waals surface area contributed by atoms with Crippen LogP contribution in [0.1, 0.15) is 40.1 Å². The van der Waals surface area contributed by atoms with Crippen molar-refractivity contribution >= 4 is 38.2 Å². The minimum atomic E-state index is -3.77. The van der Waals surface area contributed by atoms with Crippen molar-refractivity contribution in [2.24, 2.45) is 5.14 Å². The first-order valence-corrected chi connectivity index (χ1v) is 15.0. The van der Waals surface area contributed by atoms with Crippen LogP contribution < -0.4 is 21.7 Å². The third-order valence-electron chi connectivity index (χ3n) is 6.82. The average Bonchev–Trinajstić information content (AvgIpc) is 3.57. The zero-order valence-corrected chi connectivity index (χ0v) is 24.1. The summed E-state index contributed by atoms with van der Waals surface area (Å²) in [5, 5.41) is 17.2. The molecule has 0 radical (unpaired) electrons. The van der Waals surface area contributed by atoms with Crippen LogP contribution in [0.5, 0.6) is 0 Å². The van der Waals surface area contributed by atoms with Crippen LogP contribution in [0, 0.1) is 11.8 Å². The fourth-order valence-corrected chi connectivity index (χ4v) is 5.45. The van der Waals surface area contributed by atoms with Gasteiger partial charge in [-0.15, -0.1) is 5.10 Å². The van der Waals surface area contributed by atoms with Gasteiger partial charge in [-0.2, -0.15) is 5.10 Å². The summed E-state index contributed by atoms with van der Waals surface area (Å²) in [6, 6.07) is 17.2. The smallest absolute Gasteiger partial charge is 0.264 e. The molecule has 0 spiro atoms. The first kappa shape index (κ1) is 28.3. The molecule has 1 atom stereocenters. The number of hydrogen-bond acceptors (Lipinski definition) is 8. The Labute approximate surface area is 250 Å². The Morgan fingerprint density at radius 3 is 2.66 bits per heavy atom. The molecule has 0 saturated carbocycles. The number of aromatic nitrogens is 6. The first-order valence-electron chi connectivity index (χ1n) is 13.3. The van der Waals surface area contributed by atoms with E-state index in [2.05, 4.69) is 32.3 Å². The number of carbonyl (C=O) groups excluding carboxylic acids is 1. The maximum atomic E-state index is 14.2. The topological polar surface area (TPSA) is 185 Å². The normalized spacial score (nSPS) is 12.1. The zero-order valence-electron chi connectivity index (χ0n) is 23.2. The van der Waals surface area contributed by atoms with Crippen LogP contribution in [0.15, 0.2) is 90.2 Å². The van der Waals surface area contributed by atoms with E-state index < -0.39 is 27.8 Å². The van der Waals surface area contributed by atoms with Gasteiger partial charge >= 0.3 is 0 Å². The molecular formula is C30H25N9O4S. The summed E-state index contributed by atoms with van der Waals surface area (Å²) in [6.07, 6.45) is 6.07. The van der Waals surface area contributed by atoms with Gasteiger partial charge in [-0.05, 0) is 42.6 Å². The third kappa shape index (κ3) is 5.52. The van der Waals surface area contributed by atoms with E-state index in [4.69, 9.17) is 10.9 Å². The van der Waals surface area contributed by atoms with Gasteiger partial charge in [-0.25, -0.2) is 23.1 Å². The number of rotatable bonds is 6. The molecule has 13 nitrogen and oxygen atoms in total. The van der Waals surface area contributed by atoms with Crippen LogP contribution in [0.4, 0.5) is 5.82 Å². The number of hydrogen-bond donors (Lipinski definition) is 3. The lowest BCUT2D eigenvalue weighted by Gasteiger charge is -2.21. The van der Waals surface area contributed by atoms with Gasteiger partial charge in [0.1, 0.15) is 5.56 Å². The summed E-state index contributed by atoms with van der Waals surface area (Å²) in [5.41, 5.74) is 8.21. The molecule has 6 rings (SSSR count). The molecule has 0 fully saturated rings. The second-order valence-corrected chi connectivity index (χ2v) is 11.6. The van der Waals surface area contributed by atoms with Gasteiger partial charge in [0, 0.05) is 35.5 Å². The standard InChI is InChI=1S/C30H25N9O4S/c1-19(35-29(40)26-27(31)36-38-14-6-13-33-28(26)38)24-15-22-8-5-7-21(12-11-20-16-34-37(17-20)18-44(32,42)43)25(22)30(41)39(24)23-9-3-2-4-10-23/h2-10,13-17,19H,18H2,1H3,(H2,31,36)(H,35,40)(H2,32,42,43)/t19-/m0/s1. The Balaban J connectivity index is 1.43. The van der Waals surface area contributed by atoms with Gasteiger partial charge in [0.25, 0.3) is 11.5 Å². The summed E-state index contributed by atoms with van der Waals surface area (Å²) in [5.74, 6) is 5.03. The van der Waals surface area contributed by atoms with Crippen molar-refractivity contribution in [3.05, 3.63) is 118 Å². The molecule has 2 aromatic carbocycles. The summed E-state index contributed by atoms with van der Waals surface area (Å²) in [4.78, 5) is 31.9. The highest BCUT2D eigenvalue weighted by atomic mass is 32.2. The van der Waals surface area contributed by atoms with Gasteiger partial charge in [-0.3, -0.25) is 18.8 Å². The molecule has 44 heavy (non-hydrogen) atoms. The fraction of sp³-hybridized carbons (Fsp3) is 0.100. The number of carbonyl (C=O) groups is 1. The Kier molecular flexibility index (Phi) is 7.17. The number of pyridine rings is 1. The van der Waals surface area contributed by atoms with Gasteiger partial charge in [-0.1, -0.05) is 42.2 Å². The minimum Gasteiger partial charge on any atom is -0.381 e. The average molecular weight is 608 g/mol. The number of nitrogens with two attached hydrogens (primary N) is 2. The van der Waals surface area contributed by atoms with E-state index >= 15 is 0 Å². The largest absolute Gasteiger partial charge is 0.381 e. The van der Waals surface area contributed by atoms with Crippen LogP contribution in [0.2, 0.25) is 0 Å². The van der Waals surface area contributed by atoms with E-state index in [0.29, 0.717) is 38.9 Å². The van der Waals surface area contributed by atoms with Crippen molar-refractivity contribution in [3.63, 3.8) is 0 Å². The molecule has 220 valence electrons. The monoisotopic (exact) mass is 607 g/mol. The van der Waals surface area contributed by atoms with Crippen molar-refractivity contribution in [1.29, 1.82) is 0 Å². The van der Waals surface area contributed by atoms with E-state index in [0.717, 1.165) is 0 Å². The maximum absolute atomic E-state index is 14.2. The van der Waals surface area contributed by atoms with E-state index in [-0.39, 0.29) is 16.9 Å². The third-order valence-corrected chi connectivity index (χ3v) is 7.44. The SMILES string of the molecule is C[C@H](NC(=O)c1c(N)nn2cccnc12)c1cc2cccc(C#Cc3cnn(CS(N)(=O)=O)c3)c2c(=O)n1-c1ccccc1. The highest BCUT2D eigenvalue weighted by molar-refractivity contribution is 7.88. The summed E-state index contributed by atoms with van der Waals surface area (Å²) < 4.78 is 26.9. The maximum Gasteiger partial charge on any atom is 0.264 e. The van der Waals surface area contributed by atoms with E-state index in [1.807, 2.05) is 24.3 Å². The van der Waals surface area contributed by atoms with Gasteiger partial charge in [0.15, 0.2) is 17.3 Å². The minimum absolute atomic E-state index is 0.0331. The number of amides is 1. The van der Waals surface area contributed by atoms with Crippen molar-refractivity contribution in [3.8, 4) is 17.5 Å². The number of anilines is 1. The predicted octanol–water partition coefficient (Wildman–Crippen LogP) is 1.95. The zero-order chi connectivity index (χ0) is 31.0. The van der Waals surface area contributed by atoms with Crippen molar-refractivity contribution in [1.82, 2.24) is 34.3 Å². The lowest BCUT2D eigenvalue weighted by molar-refractivity contribution is 0.0941. The summed E-state index contributed by atoms with van der Waals surface area (Å²) in [6.45, 7) is 1.77. The second kappa shape index (κ2) is 11.1. The molecule has 6 aromatic rings. The number of nitrogen functional groups attached to an aromatic ring is 1. The number of sulfonamides is 1. The lowest BCUT2D eigenvalue weighted by atomic mass is 10.0. The molecule has 0 unspecified atom stereocenters. The molecule has 0 aliphatic carbocycles. The number of nitrogens with zero attached hydrogens (tertiary/aromatic N) is 6. The molecule has 5 N–H and O–H groups in total. The van der Waals surface area contributed by atoms with Crippen molar-refractivity contribution < 1.29 is 13.2 Å². The number of benzene rings is 2. The molecule has 0 aliphatic heterocycles. The van der Waals surface area contributed by atoms with E-state index in [1.165, 1.54) is 21.6 Å². The molecule has 4 heterocycles. The number of para-hydroxylation sites is 1. The summed E-state index contributed by atoms with van der Waals surface area (Å²) >= 11 is 0. The lowest BCUT2D eigenvalue weighted by Crippen LogP contribution is -2.32. The highest BCUT2D eigenvalue weighted by Gasteiger charge is 2.24. The van der Waals surface area contributed by atoms with E-state index in [1.54, 1.807) is 60.3 Å². The fourth-order valence-electron chi connectivity index (χ4n) is 4.94. The molecule has 4 aromatic heterocycles.